The average Bonchev–Trinajstić information content (AvgIpc) is 1.83. The van der Waals surface area contributed by atoms with Crippen LogP contribution in [0.4, 0.5) is 0 Å². The number of halogens is 1. The smallest absolute Gasteiger partial charge is 0.339 e. The number of carboxylic acid groups (broad SMARTS) is 3. The molecule has 0 fully saturated rings. The number of aromatic hydroxyl groups is 3. The van der Waals surface area contributed by atoms with Gasteiger partial charge >= 0.3 is 17.9 Å². The summed E-state index contributed by atoms with van der Waals surface area (Å²) in [6, 6.07) is 21.5. The number of ketones is 2. The van der Waals surface area contributed by atoms with Gasteiger partial charge in [-0.3, -0.25) is 39.3 Å². The molecular weight excluding hydrogens is 1480 g/mol. The van der Waals surface area contributed by atoms with Crippen molar-refractivity contribution in [1.29, 1.82) is 0 Å². The van der Waals surface area contributed by atoms with Crippen LogP contribution in [0.25, 0.3) is 11.0 Å². The molecule has 0 aliphatic carbocycles. The number of carbonyl (C=O) groups excluding carboxylic acids is 3. The molecule has 4 aromatic carbocycles. The maximum atomic E-state index is 12.3. The number of rotatable bonds is 19. The molecule has 31 nitrogen and oxygen atoms in total. The second-order valence-corrected chi connectivity index (χ2v) is 25.1. The third-order valence-electron chi connectivity index (χ3n) is 11.2. The van der Waals surface area contributed by atoms with Gasteiger partial charge in [0.15, 0.2) is 17.1 Å². The van der Waals surface area contributed by atoms with Crippen molar-refractivity contribution in [2.75, 3.05) is 0 Å². The summed E-state index contributed by atoms with van der Waals surface area (Å²) in [7, 11) is -10.8. The van der Waals surface area contributed by atoms with Gasteiger partial charge in [-0.15, -0.1) is 0 Å². The van der Waals surface area contributed by atoms with E-state index in [2.05, 4.69) is 34.3 Å². The van der Waals surface area contributed by atoms with E-state index in [9.17, 15) is 77.4 Å². The summed E-state index contributed by atoms with van der Waals surface area (Å²) in [4.78, 5) is 88.2. The molecule has 461 valence electrons. The Balaban J connectivity index is 0.000000255. The van der Waals surface area contributed by atoms with Crippen LogP contribution >= 0.6 is 10.7 Å². The number of carbonyl (C=O) groups is 6. The number of aromatic nitrogens is 4. The van der Waals surface area contributed by atoms with E-state index in [1.165, 1.54) is 86.3 Å². The molecule has 0 aliphatic heterocycles. The quantitative estimate of drug-likeness (QED) is 0.0239. The number of H-pyrrole nitrogens is 1. The van der Waals surface area contributed by atoms with E-state index >= 15 is 0 Å². The minimum absolute atomic E-state index is 0. The monoisotopic (exact) mass is 1530 g/mol. The average molecular weight is 1530 g/mol. The van der Waals surface area contributed by atoms with Gasteiger partial charge in [-0.2, -0.15) is 5.16 Å². The van der Waals surface area contributed by atoms with Gasteiger partial charge in [0.1, 0.15) is 28.4 Å². The molecule has 0 unspecified atom stereocenters. The molecule has 1 radical (unpaired) electrons. The molecule has 0 aliphatic rings. The molecule has 0 spiro atoms. The number of aromatic amines is 1. The van der Waals surface area contributed by atoms with Crippen molar-refractivity contribution in [3.05, 3.63) is 189 Å². The first-order chi connectivity index (χ1) is 40.6. The van der Waals surface area contributed by atoms with Crippen LogP contribution in [0.15, 0.2) is 157 Å². The first kappa shape index (κ1) is 72.1. The van der Waals surface area contributed by atoms with E-state index in [1.807, 2.05) is 0 Å². The van der Waals surface area contributed by atoms with Gasteiger partial charge in [-0.1, -0.05) is 0 Å². The summed E-state index contributed by atoms with van der Waals surface area (Å²) in [5.74, 6) is -6.85. The van der Waals surface area contributed by atoms with Crippen LogP contribution in [0.3, 0.4) is 0 Å². The van der Waals surface area contributed by atoms with Crippen LogP contribution in [0.1, 0.15) is 93.1 Å². The Kier molecular flexibility index (Phi) is 25.4. The summed E-state index contributed by atoms with van der Waals surface area (Å²) >= 11 is 0. The van der Waals surface area contributed by atoms with Gasteiger partial charge in [0.25, 0.3) is 20.5 Å². The summed E-state index contributed by atoms with van der Waals surface area (Å²) in [6.45, 7) is 2.39. The Bertz CT molecular complexity index is 4480. The number of hydrogen-bond acceptors (Lipinski definition) is 23. The molecule has 37 heteroatoms. The van der Waals surface area contributed by atoms with Gasteiger partial charge < -0.3 is 35.2 Å². The van der Waals surface area contributed by atoms with Gasteiger partial charge in [-0.25, -0.2) is 67.7 Å². The molecule has 88 heavy (non-hydrogen) atoms. The Morgan fingerprint density at radius 1 is 0.500 bits per heavy atom. The normalized spacial score (nSPS) is 11.2. The fourth-order valence-corrected chi connectivity index (χ4v) is 10.5. The maximum absolute atomic E-state index is 12.3. The van der Waals surface area contributed by atoms with Gasteiger partial charge in [0.2, 0.25) is 30.1 Å². The van der Waals surface area contributed by atoms with Crippen molar-refractivity contribution in [2.24, 2.45) is 0 Å². The number of phenolic OH excluding ortho intramolecular Hbond substituents is 1. The minimum Gasteiger partial charge on any atom is -0.507 e. The Morgan fingerprint density at radius 2 is 0.852 bits per heavy atom. The number of Topliss-reactive ketones (excluding diaryl/α,β-unsaturated/α-hetero) is 2. The maximum Gasteiger partial charge on any atom is 0.339 e. The topological polar surface area (TPSA) is 513 Å². The predicted octanol–water partition coefficient (Wildman–Crippen LogP) is 3.46. The van der Waals surface area contributed by atoms with Crippen LogP contribution in [0, 0.1) is 44.1 Å². The summed E-state index contributed by atoms with van der Waals surface area (Å²) in [5, 5.41) is 65.2. The number of hydroxylamine groups is 1. The third-order valence-corrected chi connectivity index (χ3v) is 16.8. The van der Waals surface area contributed by atoms with Crippen LogP contribution in [-0.4, -0.2) is 125 Å². The number of aromatic carboxylic acids is 3. The fourth-order valence-electron chi connectivity index (χ4n) is 6.60. The van der Waals surface area contributed by atoms with Crippen LogP contribution in [-0.2, 0) is 58.8 Å². The van der Waals surface area contributed by atoms with Crippen molar-refractivity contribution in [1.82, 2.24) is 39.8 Å². The number of sulfonamides is 3. The number of carboxylic acids is 3. The minimum atomic E-state index is -4.00. The van der Waals surface area contributed by atoms with E-state index in [1.54, 1.807) is 0 Å². The fraction of sp³-hybridized carbons (Fsp3) is 0.0980. The first-order valence-electron chi connectivity index (χ1n) is 23.7. The van der Waals surface area contributed by atoms with Crippen LogP contribution < -0.4 is 25.2 Å². The number of nitrogens with one attached hydrogen (secondary N) is 5. The number of amides is 1. The molecule has 1 amide bonds. The van der Waals surface area contributed by atoms with Crippen LogP contribution in [0.2, 0.25) is 0 Å². The Hall–Kier alpha value is -8.41. The summed E-state index contributed by atoms with van der Waals surface area (Å²) < 4.78 is 107. The first-order valence-corrected chi connectivity index (χ1v) is 30.4. The van der Waals surface area contributed by atoms with Gasteiger partial charge in [0.05, 0.1) is 72.8 Å². The van der Waals surface area contributed by atoms with Crippen molar-refractivity contribution < 1.29 is 147 Å². The summed E-state index contributed by atoms with van der Waals surface area (Å²) in [6.07, 6.45) is 3.83. The van der Waals surface area contributed by atoms with E-state index in [-0.39, 0.29) is 111 Å². The molecule has 0 saturated heterocycles. The van der Waals surface area contributed by atoms with Crippen molar-refractivity contribution in [3.8, 4) is 17.2 Å². The van der Waals surface area contributed by atoms with Gasteiger partial charge in [-0.05, 0) is 123 Å². The second kappa shape index (κ2) is 31.0. The number of pyridine rings is 3. The molecule has 12 N–H and O–H groups in total. The summed E-state index contributed by atoms with van der Waals surface area (Å²) in [5.41, 5.74) is 1.59. The Labute approximate surface area is 537 Å². The zero-order valence-corrected chi connectivity index (χ0v) is 53.6. The number of fused-ring (bicyclic) bond motifs is 1. The zero-order valence-electron chi connectivity index (χ0n) is 44.8. The van der Waals surface area contributed by atoms with Crippen molar-refractivity contribution >= 4 is 96.2 Å². The largest absolute Gasteiger partial charge is 0.507 e. The molecular formula is C51H45AcClN8O23S4. The number of benzene rings is 4. The van der Waals surface area contributed by atoms with Crippen molar-refractivity contribution in [3.63, 3.8) is 0 Å². The number of hydrogen-bond donors (Lipinski definition) is 12. The Morgan fingerprint density at radius 3 is 1.20 bits per heavy atom. The molecule has 4 aromatic heterocycles. The second-order valence-electron chi connectivity index (χ2n) is 17.2. The van der Waals surface area contributed by atoms with E-state index in [0.29, 0.717) is 28.2 Å². The van der Waals surface area contributed by atoms with Crippen molar-refractivity contribution in [2.45, 2.75) is 53.1 Å². The van der Waals surface area contributed by atoms with E-state index < -0.39 is 102 Å². The molecule has 8 rings (SSSR count). The van der Waals surface area contributed by atoms with Crippen LogP contribution in [0.5, 0.6) is 17.2 Å². The molecule has 4 heterocycles. The zero-order chi connectivity index (χ0) is 64.8. The van der Waals surface area contributed by atoms with E-state index in [4.69, 9.17) is 40.8 Å². The molecule has 0 saturated carbocycles. The predicted molar refractivity (Wildman–Crippen MR) is 299 cm³/mol. The number of phenols is 3. The van der Waals surface area contributed by atoms with Gasteiger partial charge in [0, 0.05) is 84.5 Å². The SMILES string of the molecule is CC(=O)c1ccc(CNS(=O)(=O)c2ccc(O)c(C(=O)NO)c2)nc1.CC(=O)c1ccc(CNS(=O)(=O)c2ccc(O)c(C(=O)O)c2)nc1.O=C(O)c1cc(S(=O)(=O)Cl)ccc1O.O=C(O)c1ccc(CNS(=O)(=O)c2ccc3o[nH]c(=O)c3c2)nc1.[Ac]. The molecule has 8 aromatic rings. The van der Waals surface area contributed by atoms with E-state index in [0.717, 1.165) is 60.8 Å². The number of nitrogens with zero attached hydrogens (tertiary/aromatic N) is 3. The molecule has 0 atom stereocenters. The standard InChI is InChI=1S/C15H15N3O6S.C15H14N2O6S.C14H11N3O6S.C7H5ClO5S.Ac/c1-9(19)10-2-3-11(16-7-10)8-17-25(23,24)12-4-5-14(20)13(6-12)15(21)18-22;1-9(18)10-2-3-11(16-7-10)8-17-24(22,23)12-4-5-14(19)13(6-12)15(20)21;18-13-11-5-10(3-4-12(11)23-17-13)24(21,22)16-7-9-2-1-8(6-15-9)14(19)20;8-14(12,13)4-1-2-6(9)5(3-4)7(10)11;/h2-7,17,20,22H,8H2,1H3,(H,18,21);2-7,17,19H,8H2,1H3,(H,20,21);1-6,16H,7H2,(H,17,18)(H,19,20);1-3,9H,(H,10,11);. The third kappa shape index (κ3) is 20.1. The molecule has 0 bridgehead atoms.